The molecule has 0 N–H and O–H groups in total. The molecule has 3 unspecified atom stereocenters. The van der Waals surface area contributed by atoms with E-state index >= 15 is 0 Å². The Morgan fingerprint density at radius 1 is 1.12 bits per heavy atom. The molecule has 2 aromatic rings. The summed E-state index contributed by atoms with van der Waals surface area (Å²) < 4.78 is 11.2. The molecule has 2 aliphatic heterocycles. The summed E-state index contributed by atoms with van der Waals surface area (Å²) in [7, 11) is 3.36. The highest BCUT2D eigenvalue weighted by atomic mass is 32.2. The van der Waals surface area contributed by atoms with E-state index in [1.807, 2.05) is 48.3 Å². The van der Waals surface area contributed by atoms with Gasteiger partial charge in [-0.05, 0) is 18.2 Å². The molecule has 2 aliphatic rings. The Bertz CT molecular complexity index is 797. The highest BCUT2D eigenvalue weighted by Crippen LogP contribution is 2.50. The molecule has 1 aromatic heterocycles. The fraction of sp³-hybridized carbons (Fsp3) is 0.368. The Morgan fingerprint density at radius 3 is 2.72 bits per heavy atom. The number of hydrogen-bond acceptors (Lipinski definition) is 6. The maximum Gasteiger partial charge on any atom is 0.166 e. The Labute approximate surface area is 152 Å². The molecule has 3 heterocycles. The van der Waals surface area contributed by atoms with Crippen molar-refractivity contribution >= 4 is 16.9 Å². The first-order chi connectivity index (χ1) is 12.2. The summed E-state index contributed by atoms with van der Waals surface area (Å²) in [5.74, 6) is 1.52. The molecule has 1 saturated heterocycles. The summed E-state index contributed by atoms with van der Waals surface area (Å²) in [6.07, 6.45) is 1.83. The van der Waals surface area contributed by atoms with Crippen molar-refractivity contribution in [3.63, 3.8) is 0 Å². The maximum atomic E-state index is 5.71. The fourth-order valence-electron chi connectivity index (χ4n) is 3.60. The molecular weight excluding hydrogens is 334 g/mol. The monoisotopic (exact) mass is 355 g/mol. The van der Waals surface area contributed by atoms with Crippen LogP contribution in [0.2, 0.25) is 0 Å². The predicted octanol–water partition coefficient (Wildman–Crippen LogP) is 3.69. The average molecular weight is 355 g/mol. The first-order valence-electron chi connectivity index (χ1n) is 8.36. The van der Waals surface area contributed by atoms with Gasteiger partial charge in [0.15, 0.2) is 16.7 Å². The lowest BCUT2D eigenvalue weighted by Gasteiger charge is -2.29. The van der Waals surface area contributed by atoms with Crippen molar-refractivity contribution in [3.8, 4) is 11.5 Å². The van der Waals surface area contributed by atoms with Crippen LogP contribution in [-0.4, -0.2) is 41.1 Å². The summed E-state index contributed by atoms with van der Waals surface area (Å²) in [6, 6.07) is 12.1. The number of amidine groups is 1. The molecule has 1 fully saturated rings. The minimum Gasteiger partial charge on any atom is -0.493 e. The summed E-state index contributed by atoms with van der Waals surface area (Å²) >= 11 is 1.83. The summed E-state index contributed by atoms with van der Waals surface area (Å²) in [5.41, 5.74) is 2.07. The third-order valence-corrected chi connectivity index (χ3v) is 5.74. The van der Waals surface area contributed by atoms with Gasteiger partial charge < -0.3 is 14.4 Å². The second-order valence-corrected chi connectivity index (χ2v) is 7.63. The van der Waals surface area contributed by atoms with Gasteiger partial charge >= 0.3 is 0 Å². The topological polar surface area (TPSA) is 47.0 Å². The predicted molar refractivity (Wildman–Crippen MR) is 100 cm³/mol. The van der Waals surface area contributed by atoms with Crippen LogP contribution in [0.25, 0.3) is 0 Å². The van der Waals surface area contributed by atoms with Gasteiger partial charge in [0.05, 0.1) is 26.0 Å². The van der Waals surface area contributed by atoms with Gasteiger partial charge in [0.25, 0.3) is 0 Å². The molecule has 130 valence electrons. The van der Waals surface area contributed by atoms with Gasteiger partial charge in [-0.1, -0.05) is 36.9 Å². The minimum absolute atomic E-state index is 0.0443. The Kier molecular flexibility index (Phi) is 4.29. The van der Waals surface area contributed by atoms with Crippen LogP contribution in [0.4, 0.5) is 0 Å². The molecule has 0 radical (unpaired) electrons. The van der Waals surface area contributed by atoms with Crippen molar-refractivity contribution in [1.29, 1.82) is 0 Å². The molecule has 3 atom stereocenters. The molecule has 1 aromatic carbocycles. The van der Waals surface area contributed by atoms with Crippen LogP contribution < -0.4 is 9.47 Å². The van der Waals surface area contributed by atoms with Gasteiger partial charge in [0.1, 0.15) is 6.04 Å². The van der Waals surface area contributed by atoms with E-state index < -0.39 is 0 Å². The number of para-hydroxylation sites is 1. The first-order valence-corrected chi connectivity index (χ1v) is 9.23. The molecule has 0 spiro atoms. The van der Waals surface area contributed by atoms with Gasteiger partial charge in [0, 0.05) is 23.6 Å². The zero-order valence-electron chi connectivity index (χ0n) is 14.5. The minimum atomic E-state index is -0.0443. The van der Waals surface area contributed by atoms with E-state index in [2.05, 4.69) is 22.9 Å². The maximum absolute atomic E-state index is 5.71. The summed E-state index contributed by atoms with van der Waals surface area (Å²) in [6.45, 7) is 3.21. The second-order valence-electron chi connectivity index (χ2n) is 6.22. The summed E-state index contributed by atoms with van der Waals surface area (Å²) in [5, 5.41) is 1.63. The van der Waals surface area contributed by atoms with Crippen molar-refractivity contribution in [3.05, 3.63) is 53.9 Å². The Balaban J connectivity index is 1.83. The number of ether oxygens (including phenoxy) is 2. The van der Waals surface area contributed by atoms with Crippen molar-refractivity contribution in [2.45, 2.75) is 24.3 Å². The van der Waals surface area contributed by atoms with Crippen molar-refractivity contribution in [1.82, 2.24) is 9.88 Å². The van der Waals surface area contributed by atoms with Crippen LogP contribution in [-0.2, 0) is 0 Å². The molecule has 0 aliphatic carbocycles. The average Bonchev–Trinajstić information content (AvgIpc) is 3.17. The number of thioether (sulfide) groups is 1. The van der Waals surface area contributed by atoms with Gasteiger partial charge in [0.2, 0.25) is 0 Å². The number of benzene rings is 1. The van der Waals surface area contributed by atoms with Gasteiger partial charge in [-0.2, -0.15) is 0 Å². The number of aliphatic imine (C=N–C) groups is 1. The van der Waals surface area contributed by atoms with E-state index in [9.17, 15) is 0 Å². The number of pyridine rings is 1. The van der Waals surface area contributed by atoms with Crippen molar-refractivity contribution < 1.29 is 9.47 Å². The van der Waals surface area contributed by atoms with E-state index in [1.165, 1.54) is 0 Å². The fourth-order valence-corrected chi connectivity index (χ4v) is 4.69. The van der Waals surface area contributed by atoms with E-state index in [-0.39, 0.29) is 12.1 Å². The number of methoxy groups -OCH3 is 2. The smallest absolute Gasteiger partial charge is 0.166 e. The number of rotatable bonds is 4. The molecule has 5 nitrogen and oxygen atoms in total. The van der Waals surface area contributed by atoms with E-state index in [4.69, 9.17) is 14.5 Å². The standard InChI is InChI=1S/C19H21N3O2S/c1-12-11-22-17(13-7-6-9-15(23-2)18(13)24-3)16(21-19(22)25-12)14-8-4-5-10-20-14/h4-10,12,16-17H,11H2,1-3H3. The van der Waals surface area contributed by atoms with Gasteiger partial charge in [-0.15, -0.1) is 0 Å². The zero-order valence-corrected chi connectivity index (χ0v) is 15.4. The van der Waals surface area contributed by atoms with Crippen LogP contribution in [0.3, 0.4) is 0 Å². The molecule has 0 saturated carbocycles. The van der Waals surface area contributed by atoms with E-state index in [0.29, 0.717) is 5.25 Å². The van der Waals surface area contributed by atoms with Gasteiger partial charge in [-0.3, -0.25) is 9.98 Å². The van der Waals surface area contributed by atoms with E-state index in [0.717, 1.165) is 34.5 Å². The number of aromatic nitrogens is 1. The first kappa shape index (κ1) is 16.3. The lowest BCUT2D eigenvalue weighted by Crippen LogP contribution is -2.29. The van der Waals surface area contributed by atoms with Crippen LogP contribution in [0.5, 0.6) is 11.5 Å². The molecule has 0 bridgehead atoms. The van der Waals surface area contributed by atoms with E-state index in [1.54, 1.807) is 14.2 Å². The highest BCUT2D eigenvalue weighted by molar-refractivity contribution is 8.14. The lowest BCUT2D eigenvalue weighted by atomic mass is 9.95. The number of fused-ring (bicyclic) bond motifs is 1. The SMILES string of the molecule is COc1cccc(C2C(c3ccccn3)N=C3SC(C)CN32)c1OC. The quantitative estimate of drug-likeness (QED) is 0.837. The number of hydrogen-bond donors (Lipinski definition) is 0. The molecular formula is C19H21N3O2S. The highest BCUT2D eigenvalue weighted by Gasteiger charge is 2.44. The summed E-state index contributed by atoms with van der Waals surface area (Å²) in [4.78, 5) is 12.0. The van der Waals surface area contributed by atoms with Crippen LogP contribution in [0, 0.1) is 0 Å². The Hall–Kier alpha value is -2.21. The molecule has 0 amide bonds. The molecule has 6 heteroatoms. The lowest BCUT2D eigenvalue weighted by molar-refractivity contribution is 0.299. The van der Waals surface area contributed by atoms with Gasteiger partial charge in [-0.25, -0.2) is 0 Å². The van der Waals surface area contributed by atoms with Crippen LogP contribution >= 0.6 is 11.8 Å². The molecule has 25 heavy (non-hydrogen) atoms. The third kappa shape index (κ3) is 2.74. The largest absolute Gasteiger partial charge is 0.493 e. The van der Waals surface area contributed by atoms with Crippen molar-refractivity contribution in [2.24, 2.45) is 4.99 Å². The second kappa shape index (κ2) is 6.59. The Morgan fingerprint density at radius 2 is 2.00 bits per heavy atom. The zero-order chi connectivity index (χ0) is 17.4. The van der Waals surface area contributed by atoms with Crippen molar-refractivity contribution in [2.75, 3.05) is 20.8 Å². The van der Waals surface area contributed by atoms with Crippen LogP contribution in [0.15, 0.2) is 47.6 Å². The number of nitrogens with zero attached hydrogens (tertiary/aromatic N) is 3. The van der Waals surface area contributed by atoms with Crippen LogP contribution in [0.1, 0.15) is 30.3 Å². The third-order valence-electron chi connectivity index (χ3n) is 4.63. The normalized spacial score (nSPS) is 24.8. The molecule has 4 rings (SSSR count).